The third-order valence-corrected chi connectivity index (χ3v) is 6.61. The number of phenols is 1. The van der Waals surface area contributed by atoms with Gasteiger partial charge in [-0.2, -0.15) is 4.39 Å². The summed E-state index contributed by atoms with van der Waals surface area (Å²) in [5.74, 6) is -2.75. The van der Waals surface area contributed by atoms with Crippen LogP contribution in [0, 0.1) is 17.6 Å². The Kier molecular flexibility index (Phi) is 5.71. The lowest BCUT2D eigenvalue weighted by molar-refractivity contribution is 0.409. The molecule has 0 bridgehead atoms. The zero-order valence-electron chi connectivity index (χ0n) is 13.3. The van der Waals surface area contributed by atoms with Crippen molar-refractivity contribution in [3.05, 3.63) is 63.9 Å². The molecule has 0 aliphatic heterocycles. The summed E-state index contributed by atoms with van der Waals surface area (Å²) in [6.07, 6.45) is 6.14. The summed E-state index contributed by atoms with van der Waals surface area (Å²) >= 11 is 9.43. The van der Waals surface area contributed by atoms with Crippen molar-refractivity contribution in [3.63, 3.8) is 0 Å². The van der Waals surface area contributed by atoms with Crippen LogP contribution in [0.15, 0.2) is 50.9 Å². The van der Waals surface area contributed by atoms with Gasteiger partial charge in [-0.25, -0.2) is 4.39 Å². The SMILES string of the molecule is CC1C=C(Sc2sccc2CNc2ccc(F)c(F)c2O)C=CC1Cl. The van der Waals surface area contributed by atoms with Gasteiger partial charge in [-0.15, -0.1) is 22.9 Å². The maximum Gasteiger partial charge on any atom is 0.202 e. The van der Waals surface area contributed by atoms with E-state index in [0.717, 1.165) is 20.7 Å². The predicted molar refractivity (Wildman–Crippen MR) is 102 cm³/mol. The molecule has 2 N–H and O–H groups in total. The lowest BCUT2D eigenvalue weighted by atomic mass is 10.0. The molecule has 132 valence electrons. The van der Waals surface area contributed by atoms with E-state index in [1.165, 1.54) is 6.07 Å². The van der Waals surface area contributed by atoms with Crippen LogP contribution < -0.4 is 5.32 Å². The molecule has 2 unspecified atom stereocenters. The topological polar surface area (TPSA) is 32.3 Å². The summed E-state index contributed by atoms with van der Waals surface area (Å²) in [4.78, 5) is 1.13. The summed E-state index contributed by atoms with van der Waals surface area (Å²) in [6.45, 7) is 2.47. The van der Waals surface area contributed by atoms with Crippen LogP contribution >= 0.6 is 34.7 Å². The number of hydrogen-bond acceptors (Lipinski definition) is 4. The Hall–Kier alpha value is -1.50. The second kappa shape index (κ2) is 7.81. The van der Waals surface area contributed by atoms with Crippen LogP contribution in [0.5, 0.6) is 5.75 Å². The molecule has 1 aliphatic carbocycles. The van der Waals surface area contributed by atoms with Crippen LogP contribution in [-0.4, -0.2) is 10.5 Å². The number of hydrogen-bond donors (Lipinski definition) is 2. The minimum Gasteiger partial charge on any atom is -0.503 e. The number of thioether (sulfide) groups is 1. The second-order valence-corrected chi connectivity index (χ2v) is 8.44. The number of thiophene rings is 1. The summed E-state index contributed by atoms with van der Waals surface area (Å²) in [7, 11) is 0. The zero-order chi connectivity index (χ0) is 18.0. The van der Waals surface area contributed by atoms with E-state index in [2.05, 4.69) is 18.3 Å². The van der Waals surface area contributed by atoms with Crippen LogP contribution in [-0.2, 0) is 6.54 Å². The maximum atomic E-state index is 13.4. The molecule has 1 heterocycles. The molecule has 0 saturated carbocycles. The molecule has 25 heavy (non-hydrogen) atoms. The lowest BCUT2D eigenvalue weighted by Gasteiger charge is -2.17. The first-order chi connectivity index (χ1) is 12.0. The standard InChI is InChI=1S/C18H16ClF2NOS2/c1-10-8-12(2-3-13(10)19)25-18-11(6-7-24-18)9-22-15-5-4-14(20)16(21)17(15)23/h2-8,10,13,22-23H,9H2,1H3. The summed E-state index contributed by atoms with van der Waals surface area (Å²) < 4.78 is 27.6. The highest BCUT2D eigenvalue weighted by molar-refractivity contribution is 8.05. The number of benzene rings is 1. The van der Waals surface area contributed by atoms with Crippen molar-refractivity contribution >= 4 is 40.4 Å². The number of aromatic hydroxyl groups is 1. The maximum absolute atomic E-state index is 13.4. The zero-order valence-corrected chi connectivity index (χ0v) is 15.7. The largest absolute Gasteiger partial charge is 0.503 e. The number of rotatable bonds is 5. The molecular formula is C18H16ClF2NOS2. The molecule has 0 radical (unpaired) electrons. The lowest BCUT2D eigenvalue weighted by Crippen LogP contribution is -2.09. The van der Waals surface area contributed by atoms with Crippen LogP contribution in [0.1, 0.15) is 12.5 Å². The molecule has 0 saturated heterocycles. The quantitative estimate of drug-likeness (QED) is 0.468. The average molecular weight is 400 g/mol. The molecule has 7 heteroatoms. The van der Waals surface area contributed by atoms with Crippen LogP contribution in [0.3, 0.4) is 0 Å². The first-order valence-electron chi connectivity index (χ1n) is 7.65. The molecule has 3 rings (SSSR count). The molecule has 0 spiro atoms. The molecule has 1 aromatic carbocycles. The normalized spacial score (nSPS) is 19.8. The Morgan fingerprint density at radius 2 is 2.12 bits per heavy atom. The monoisotopic (exact) mass is 399 g/mol. The molecule has 2 nitrogen and oxygen atoms in total. The van der Waals surface area contributed by atoms with Gasteiger partial charge in [0.25, 0.3) is 0 Å². The van der Waals surface area contributed by atoms with Crippen LogP contribution in [0.2, 0.25) is 0 Å². The fourth-order valence-corrected chi connectivity index (χ4v) is 4.71. The van der Waals surface area contributed by atoms with Crippen molar-refractivity contribution in [1.82, 2.24) is 0 Å². The van der Waals surface area contributed by atoms with Crippen LogP contribution in [0.25, 0.3) is 0 Å². The van der Waals surface area contributed by atoms with Gasteiger partial charge in [0.2, 0.25) is 5.82 Å². The van der Waals surface area contributed by atoms with E-state index in [1.54, 1.807) is 23.1 Å². The Bertz CT molecular complexity index is 834. The molecular weight excluding hydrogens is 384 g/mol. The van der Waals surface area contributed by atoms with Gasteiger partial charge in [-0.05, 0) is 35.1 Å². The summed E-state index contributed by atoms with van der Waals surface area (Å²) in [5.41, 5.74) is 1.19. The van der Waals surface area contributed by atoms with Gasteiger partial charge in [-0.1, -0.05) is 36.9 Å². The van der Waals surface area contributed by atoms with Crippen molar-refractivity contribution in [3.8, 4) is 5.75 Å². The van der Waals surface area contributed by atoms with Gasteiger partial charge in [0.1, 0.15) is 0 Å². The first-order valence-corrected chi connectivity index (χ1v) is 9.78. The van der Waals surface area contributed by atoms with E-state index in [1.807, 2.05) is 23.6 Å². The van der Waals surface area contributed by atoms with Gasteiger partial charge in [0.05, 0.1) is 15.3 Å². The fourth-order valence-electron chi connectivity index (χ4n) is 2.36. The predicted octanol–water partition coefficient (Wildman–Crippen LogP) is 6.13. The number of alkyl halides is 1. The molecule has 2 atom stereocenters. The minimum absolute atomic E-state index is 0.0187. The average Bonchev–Trinajstić information content (AvgIpc) is 3.02. The van der Waals surface area contributed by atoms with E-state index >= 15 is 0 Å². The summed E-state index contributed by atoms with van der Waals surface area (Å²) in [6, 6.07) is 4.28. The number of anilines is 1. The van der Waals surface area contributed by atoms with E-state index < -0.39 is 17.4 Å². The third kappa shape index (κ3) is 4.19. The molecule has 1 aliphatic rings. The van der Waals surface area contributed by atoms with Gasteiger partial charge in [0, 0.05) is 11.4 Å². The number of allylic oxidation sites excluding steroid dienone is 3. The highest BCUT2D eigenvalue weighted by atomic mass is 35.5. The van der Waals surface area contributed by atoms with Crippen molar-refractivity contribution < 1.29 is 13.9 Å². The first kappa shape index (κ1) is 18.3. The third-order valence-electron chi connectivity index (χ3n) is 3.83. The Morgan fingerprint density at radius 1 is 1.32 bits per heavy atom. The highest BCUT2D eigenvalue weighted by Gasteiger charge is 2.17. The van der Waals surface area contributed by atoms with Crippen molar-refractivity contribution in [2.24, 2.45) is 5.92 Å². The van der Waals surface area contributed by atoms with Crippen molar-refractivity contribution in [2.75, 3.05) is 5.32 Å². The molecule has 0 fully saturated rings. The molecule has 1 aromatic heterocycles. The van der Waals surface area contributed by atoms with Gasteiger partial charge < -0.3 is 10.4 Å². The van der Waals surface area contributed by atoms with E-state index in [9.17, 15) is 13.9 Å². The summed E-state index contributed by atoms with van der Waals surface area (Å²) in [5, 5.41) is 14.6. The number of phenolic OH excluding ortho intramolecular Hbond substituents is 1. The smallest absolute Gasteiger partial charge is 0.202 e. The molecule has 0 amide bonds. The Balaban J connectivity index is 1.70. The fraction of sp³-hybridized carbons (Fsp3) is 0.222. The van der Waals surface area contributed by atoms with Gasteiger partial charge in [-0.3, -0.25) is 0 Å². The number of nitrogens with one attached hydrogen (secondary N) is 1. The Labute approximate surface area is 158 Å². The van der Waals surface area contributed by atoms with Crippen LogP contribution in [0.4, 0.5) is 14.5 Å². The molecule has 2 aromatic rings. The van der Waals surface area contributed by atoms with Gasteiger partial charge in [0.15, 0.2) is 11.6 Å². The number of halogens is 3. The van der Waals surface area contributed by atoms with E-state index in [0.29, 0.717) is 6.54 Å². The van der Waals surface area contributed by atoms with E-state index in [4.69, 9.17) is 11.6 Å². The van der Waals surface area contributed by atoms with Gasteiger partial charge >= 0.3 is 0 Å². The van der Waals surface area contributed by atoms with E-state index in [-0.39, 0.29) is 17.0 Å². The highest BCUT2D eigenvalue weighted by Crippen LogP contribution is 2.38. The van der Waals surface area contributed by atoms with Crippen molar-refractivity contribution in [2.45, 2.75) is 23.1 Å². The van der Waals surface area contributed by atoms with Crippen molar-refractivity contribution in [1.29, 1.82) is 0 Å². The second-order valence-electron chi connectivity index (χ2n) is 5.68. The minimum atomic E-state index is -1.24. The Morgan fingerprint density at radius 3 is 2.88 bits per heavy atom.